The average molecular weight is 645 g/mol. The summed E-state index contributed by atoms with van der Waals surface area (Å²) in [7, 11) is -2.06. The maximum atomic E-state index is 13.8. The van der Waals surface area contributed by atoms with Gasteiger partial charge >= 0.3 is 236 Å². The van der Waals surface area contributed by atoms with Crippen LogP contribution in [0.4, 0.5) is 0 Å². The molecular weight excluding hydrogens is 599 g/mol. The van der Waals surface area contributed by atoms with Gasteiger partial charge in [-0.15, -0.1) is 0 Å². The van der Waals surface area contributed by atoms with Gasteiger partial charge in [0.05, 0.1) is 0 Å². The first-order chi connectivity index (χ1) is 18.3. The molecule has 1 atom stereocenters. The predicted octanol–water partition coefficient (Wildman–Crippen LogP) is 9.15. The standard InChI is InChI=1S/C20H19O4S.3C4H9.Sn/c1-14(23-2)18-13-19(25(21,22)15-9-5-4-6-10-15)16-11-7-8-12-17(16)20(18)24-3;3*1-3-4-2;/h4-14H,2H2,1,3H3;3*1,3-4H2,2H3;/t14-;;;;/m1..../s1. The molecule has 0 aliphatic rings. The molecule has 0 bridgehead atoms. The van der Waals surface area contributed by atoms with Crippen LogP contribution in [0.25, 0.3) is 10.8 Å². The van der Waals surface area contributed by atoms with Crippen molar-refractivity contribution in [2.24, 2.45) is 0 Å². The van der Waals surface area contributed by atoms with Gasteiger partial charge in [-0.3, -0.25) is 0 Å². The van der Waals surface area contributed by atoms with Gasteiger partial charge < -0.3 is 0 Å². The van der Waals surface area contributed by atoms with Crippen LogP contribution in [-0.4, -0.2) is 38.5 Å². The molecule has 0 saturated heterocycles. The molecule has 3 aromatic carbocycles. The molecule has 208 valence electrons. The summed E-state index contributed by atoms with van der Waals surface area (Å²) in [5, 5.41) is 1.47. The van der Waals surface area contributed by atoms with E-state index in [0.717, 1.165) is 15.6 Å². The second kappa shape index (κ2) is 14.7. The molecule has 38 heavy (non-hydrogen) atoms. The Morgan fingerprint density at radius 1 is 0.789 bits per heavy atom. The van der Waals surface area contributed by atoms with Crippen LogP contribution < -0.4 is 4.74 Å². The monoisotopic (exact) mass is 646 g/mol. The van der Waals surface area contributed by atoms with E-state index in [4.69, 9.17) is 9.47 Å². The minimum atomic E-state index is -3.72. The normalized spacial score (nSPS) is 13.1. The number of ether oxygens (including phenoxy) is 2. The van der Waals surface area contributed by atoms with Gasteiger partial charge in [0, 0.05) is 0 Å². The van der Waals surface area contributed by atoms with E-state index in [1.165, 1.54) is 51.8 Å². The molecule has 0 radical (unpaired) electrons. The SMILES string of the molecule is CCC[CH2][Sn]([CH2]CCC)([CH2]CCC)[CH2]O[C@H](C)c1cc(S(=O)(=O)c2ccccc2)c2ccccc2c1OC. The van der Waals surface area contributed by atoms with Crippen LogP contribution in [0.5, 0.6) is 5.75 Å². The molecule has 0 amide bonds. The summed E-state index contributed by atoms with van der Waals surface area (Å²) >= 11 is -2.53. The van der Waals surface area contributed by atoms with E-state index in [0.29, 0.717) is 20.9 Å². The molecule has 0 heterocycles. The summed E-state index contributed by atoms with van der Waals surface area (Å²) in [6.07, 6.45) is 7.29. The van der Waals surface area contributed by atoms with Gasteiger partial charge in [-0.05, 0) is 0 Å². The van der Waals surface area contributed by atoms with Crippen LogP contribution in [0, 0.1) is 0 Å². The summed E-state index contributed by atoms with van der Waals surface area (Å²) < 4.78 is 45.3. The van der Waals surface area contributed by atoms with E-state index in [9.17, 15) is 8.42 Å². The number of rotatable bonds is 16. The van der Waals surface area contributed by atoms with E-state index in [2.05, 4.69) is 27.7 Å². The van der Waals surface area contributed by atoms with Crippen molar-refractivity contribution >= 4 is 39.0 Å². The quantitative estimate of drug-likeness (QED) is 0.146. The average Bonchev–Trinajstić information content (AvgIpc) is 2.95. The first-order valence-electron chi connectivity index (χ1n) is 14.3. The number of hydrogen-bond donors (Lipinski definition) is 0. The van der Waals surface area contributed by atoms with Gasteiger partial charge in [-0.1, -0.05) is 0 Å². The molecular formula is C32H46O4SSn. The van der Waals surface area contributed by atoms with Crippen molar-refractivity contribution in [3.05, 3.63) is 66.2 Å². The third-order valence-corrected chi connectivity index (χ3v) is 23.9. The van der Waals surface area contributed by atoms with E-state index in [1.54, 1.807) is 37.4 Å². The van der Waals surface area contributed by atoms with Gasteiger partial charge in [-0.2, -0.15) is 0 Å². The van der Waals surface area contributed by atoms with Crippen LogP contribution in [0.15, 0.2) is 70.5 Å². The van der Waals surface area contributed by atoms with Crippen molar-refractivity contribution in [2.45, 2.75) is 95.4 Å². The van der Waals surface area contributed by atoms with Crippen molar-refractivity contribution in [3.63, 3.8) is 0 Å². The summed E-state index contributed by atoms with van der Waals surface area (Å²) in [5.41, 5.74) is 0.808. The van der Waals surface area contributed by atoms with Crippen LogP contribution >= 0.6 is 0 Å². The van der Waals surface area contributed by atoms with Crippen molar-refractivity contribution in [3.8, 4) is 5.75 Å². The topological polar surface area (TPSA) is 52.6 Å². The summed E-state index contributed by atoms with van der Waals surface area (Å²) in [6, 6.07) is 18.1. The van der Waals surface area contributed by atoms with Crippen molar-refractivity contribution in [1.82, 2.24) is 0 Å². The van der Waals surface area contributed by atoms with E-state index < -0.39 is 28.2 Å². The van der Waals surface area contributed by atoms with Gasteiger partial charge in [0.1, 0.15) is 0 Å². The first-order valence-corrected chi connectivity index (χ1v) is 23.9. The first kappa shape index (κ1) is 31.0. The Morgan fingerprint density at radius 2 is 1.32 bits per heavy atom. The Balaban J connectivity index is 2.05. The number of sulfone groups is 1. The van der Waals surface area contributed by atoms with Crippen LogP contribution in [0.1, 0.15) is 77.9 Å². The zero-order valence-corrected chi connectivity index (χ0v) is 27.6. The van der Waals surface area contributed by atoms with E-state index >= 15 is 0 Å². The number of hydrogen-bond acceptors (Lipinski definition) is 4. The summed E-state index contributed by atoms with van der Waals surface area (Å²) in [4.78, 5) is 0.604. The molecule has 4 nitrogen and oxygen atoms in total. The Kier molecular flexibility index (Phi) is 12.0. The molecule has 0 N–H and O–H groups in total. The Morgan fingerprint density at radius 3 is 1.84 bits per heavy atom. The molecule has 0 aromatic heterocycles. The Labute approximate surface area is 234 Å². The molecule has 6 heteroatoms. The van der Waals surface area contributed by atoms with Crippen molar-refractivity contribution in [1.29, 1.82) is 0 Å². The van der Waals surface area contributed by atoms with E-state index in [-0.39, 0.29) is 6.10 Å². The van der Waals surface area contributed by atoms with Gasteiger partial charge in [0.2, 0.25) is 0 Å². The van der Waals surface area contributed by atoms with Gasteiger partial charge in [-0.25, -0.2) is 0 Å². The summed E-state index contributed by atoms with van der Waals surface area (Å²) in [6.45, 7) is 8.92. The number of benzene rings is 3. The fourth-order valence-corrected chi connectivity index (χ4v) is 21.5. The molecule has 3 aromatic rings. The predicted molar refractivity (Wildman–Crippen MR) is 162 cm³/mol. The molecule has 0 aliphatic heterocycles. The van der Waals surface area contributed by atoms with Crippen LogP contribution in [0.2, 0.25) is 13.3 Å². The Hall–Kier alpha value is -1.57. The molecule has 0 unspecified atom stereocenters. The molecule has 0 saturated carbocycles. The minimum absolute atomic E-state index is 0.264. The fraction of sp³-hybridized carbons (Fsp3) is 0.500. The molecule has 0 spiro atoms. The molecule has 0 fully saturated rings. The van der Waals surface area contributed by atoms with Crippen molar-refractivity contribution in [2.75, 3.05) is 11.7 Å². The van der Waals surface area contributed by atoms with Crippen LogP contribution in [-0.2, 0) is 14.6 Å². The zero-order valence-electron chi connectivity index (χ0n) is 24.0. The molecule has 0 aliphatic carbocycles. The number of unbranched alkanes of at least 4 members (excludes halogenated alkanes) is 3. The summed E-state index contributed by atoms with van der Waals surface area (Å²) in [5.74, 6) is 0.705. The molecule has 3 rings (SSSR count). The second-order valence-electron chi connectivity index (χ2n) is 10.6. The third-order valence-electron chi connectivity index (χ3n) is 7.79. The maximum absolute atomic E-state index is 13.8. The van der Waals surface area contributed by atoms with Gasteiger partial charge in [0.15, 0.2) is 0 Å². The van der Waals surface area contributed by atoms with Crippen molar-refractivity contribution < 1.29 is 17.9 Å². The zero-order chi connectivity index (χ0) is 27.6. The second-order valence-corrected chi connectivity index (χ2v) is 26.2. The third kappa shape index (κ3) is 7.33. The number of fused-ring (bicyclic) bond motifs is 1. The van der Waals surface area contributed by atoms with E-state index in [1.807, 2.05) is 30.3 Å². The number of methoxy groups -OCH3 is 1. The van der Waals surface area contributed by atoms with Gasteiger partial charge in [0.25, 0.3) is 0 Å². The van der Waals surface area contributed by atoms with Crippen LogP contribution in [0.3, 0.4) is 0 Å². The fourth-order valence-electron chi connectivity index (χ4n) is 5.45. The Bertz CT molecular complexity index is 1240.